The number of aryl methyl sites for hydroxylation is 1. The molecule has 5 nitrogen and oxygen atoms in total. The number of benzene rings is 1. The van der Waals surface area contributed by atoms with Gasteiger partial charge in [-0.15, -0.1) is 0 Å². The minimum absolute atomic E-state index is 0.0588. The Labute approximate surface area is 148 Å². The third-order valence-electron chi connectivity index (χ3n) is 5.90. The lowest BCUT2D eigenvalue weighted by atomic mass is 9.78. The summed E-state index contributed by atoms with van der Waals surface area (Å²) < 4.78 is 5.79. The Kier molecular flexibility index (Phi) is 4.64. The normalized spacial score (nSPS) is 25.6. The SMILES string of the molecule is O=C1CCc2cc(OCC(=O)N3CCC[C@H]4CCCC[C@H]43)ccc2N1. The van der Waals surface area contributed by atoms with Gasteiger partial charge < -0.3 is 15.0 Å². The van der Waals surface area contributed by atoms with Crippen molar-refractivity contribution in [2.45, 2.75) is 57.4 Å². The van der Waals surface area contributed by atoms with E-state index >= 15 is 0 Å². The van der Waals surface area contributed by atoms with Crippen molar-refractivity contribution >= 4 is 17.5 Å². The number of anilines is 1. The molecule has 0 spiro atoms. The first-order valence-electron chi connectivity index (χ1n) is 9.56. The molecule has 2 heterocycles. The number of carbonyl (C=O) groups is 2. The molecule has 1 N–H and O–H groups in total. The maximum atomic E-state index is 12.7. The molecule has 0 radical (unpaired) electrons. The second-order valence-electron chi connectivity index (χ2n) is 7.50. The van der Waals surface area contributed by atoms with E-state index in [4.69, 9.17) is 4.74 Å². The highest BCUT2D eigenvalue weighted by Crippen LogP contribution is 2.35. The van der Waals surface area contributed by atoms with Gasteiger partial charge in [0, 0.05) is 24.7 Å². The van der Waals surface area contributed by atoms with E-state index in [1.165, 1.54) is 25.7 Å². The summed E-state index contributed by atoms with van der Waals surface area (Å²) in [5.74, 6) is 1.57. The number of piperidine rings is 1. The predicted molar refractivity (Wildman–Crippen MR) is 95.6 cm³/mol. The van der Waals surface area contributed by atoms with E-state index in [1.54, 1.807) is 0 Å². The lowest BCUT2D eigenvalue weighted by molar-refractivity contribution is -0.139. The van der Waals surface area contributed by atoms with Gasteiger partial charge in [-0.3, -0.25) is 9.59 Å². The van der Waals surface area contributed by atoms with Crippen LogP contribution in [0.5, 0.6) is 5.75 Å². The Hall–Kier alpha value is -2.04. The standard InChI is InChI=1S/C20H26N2O3/c23-19-10-7-15-12-16(8-9-17(15)21-19)25-13-20(24)22-11-3-5-14-4-1-2-6-18(14)22/h8-9,12,14,18H,1-7,10-11,13H2,(H,21,23)/t14-,18-/m1/s1. The quantitative estimate of drug-likeness (QED) is 0.918. The van der Waals surface area contributed by atoms with Crippen LogP contribution in [0.4, 0.5) is 5.69 Å². The predicted octanol–water partition coefficient (Wildman–Crippen LogP) is 3.13. The highest BCUT2D eigenvalue weighted by atomic mass is 16.5. The zero-order chi connectivity index (χ0) is 17.2. The smallest absolute Gasteiger partial charge is 0.260 e. The maximum absolute atomic E-state index is 12.7. The highest BCUT2D eigenvalue weighted by molar-refractivity contribution is 5.94. The molecule has 1 saturated carbocycles. The number of carbonyl (C=O) groups excluding carboxylic acids is 2. The number of fused-ring (bicyclic) bond motifs is 2. The lowest BCUT2D eigenvalue weighted by Gasteiger charge is -2.44. The van der Waals surface area contributed by atoms with Crippen molar-refractivity contribution in [3.8, 4) is 5.75 Å². The Morgan fingerprint density at radius 3 is 2.92 bits per heavy atom. The molecule has 5 heteroatoms. The van der Waals surface area contributed by atoms with Gasteiger partial charge in [-0.25, -0.2) is 0 Å². The van der Waals surface area contributed by atoms with Crippen LogP contribution in [0.2, 0.25) is 0 Å². The van der Waals surface area contributed by atoms with Gasteiger partial charge >= 0.3 is 0 Å². The van der Waals surface area contributed by atoms with E-state index in [1.807, 2.05) is 18.2 Å². The molecule has 0 unspecified atom stereocenters. The van der Waals surface area contributed by atoms with Crippen LogP contribution in [0, 0.1) is 5.92 Å². The summed E-state index contributed by atoms with van der Waals surface area (Å²) in [4.78, 5) is 26.2. The van der Waals surface area contributed by atoms with Crippen molar-refractivity contribution in [1.29, 1.82) is 0 Å². The number of nitrogens with zero attached hydrogens (tertiary/aromatic N) is 1. The molecule has 2 fully saturated rings. The molecule has 1 aromatic carbocycles. The first-order chi connectivity index (χ1) is 12.2. The fraction of sp³-hybridized carbons (Fsp3) is 0.600. The van der Waals surface area contributed by atoms with E-state index < -0.39 is 0 Å². The number of ether oxygens (including phenoxy) is 1. The van der Waals surface area contributed by atoms with Crippen LogP contribution in [-0.4, -0.2) is 35.9 Å². The summed E-state index contributed by atoms with van der Waals surface area (Å²) in [7, 11) is 0. The molecule has 2 amide bonds. The van der Waals surface area contributed by atoms with Crippen LogP contribution in [0.25, 0.3) is 0 Å². The Bertz CT molecular complexity index is 671. The van der Waals surface area contributed by atoms with Gasteiger partial charge in [0.05, 0.1) is 0 Å². The van der Waals surface area contributed by atoms with Gasteiger partial charge in [-0.1, -0.05) is 12.8 Å². The molecular weight excluding hydrogens is 316 g/mol. The summed E-state index contributed by atoms with van der Waals surface area (Å²) in [6, 6.07) is 6.07. The van der Waals surface area contributed by atoms with Crippen LogP contribution in [0.3, 0.4) is 0 Å². The molecule has 1 aromatic rings. The Morgan fingerprint density at radius 2 is 2.00 bits per heavy atom. The zero-order valence-corrected chi connectivity index (χ0v) is 14.6. The fourth-order valence-corrected chi connectivity index (χ4v) is 4.61. The first kappa shape index (κ1) is 16.4. The molecule has 3 aliphatic rings. The second-order valence-corrected chi connectivity index (χ2v) is 7.50. The minimum Gasteiger partial charge on any atom is -0.484 e. The summed E-state index contributed by atoms with van der Waals surface area (Å²) in [5, 5.41) is 2.87. The van der Waals surface area contributed by atoms with Gasteiger partial charge in [0.2, 0.25) is 5.91 Å². The number of rotatable bonds is 3. The molecule has 1 aliphatic carbocycles. The number of nitrogens with one attached hydrogen (secondary N) is 1. The van der Waals surface area contributed by atoms with Crippen molar-refractivity contribution in [2.24, 2.45) is 5.92 Å². The number of amides is 2. The number of likely N-dealkylation sites (tertiary alicyclic amines) is 1. The Morgan fingerprint density at radius 1 is 1.16 bits per heavy atom. The second kappa shape index (κ2) is 7.06. The van der Waals surface area contributed by atoms with Crippen molar-refractivity contribution in [2.75, 3.05) is 18.5 Å². The van der Waals surface area contributed by atoms with Gasteiger partial charge in [0.15, 0.2) is 6.61 Å². The summed E-state index contributed by atoms with van der Waals surface area (Å²) in [6.45, 7) is 0.980. The maximum Gasteiger partial charge on any atom is 0.260 e. The Balaban J connectivity index is 1.37. The summed E-state index contributed by atoms with van der Waals surface area (Å²) in [6.07, 6.45) is 8.58. The largest absolute Gasteiger partial charge is 0.484 e. The van der Waals surface area contributed by atoms with Crippen LogP contribution < -0.4 is 10.1 Å². The van der Waals surface area contributed by atoms with Gasteiger partial charge in [0.25, 0.3) is 5.91 Å². The molecule has 1 saturated heterocycles. The van der Waals surface area contributed by atoms with Gasteiger partial charge in [-0.05, 0) is 61.8 Å². The van der Waals surface area contributed by atoms with Crippen LogP contribution in [0.1, 0.15) is 50.5 Å². The molecule has 0 bridgehead atoms. The third kappa shape index (κ3) is 3.51. The minimum atomic E-state index is 0.0588. The summed E-state index contributed by atoms with van der Waals surface area (Å²) in [5.41, 5.74) is 1.94. The van der Waals surface area contributed by atoms with E-state index in [-0.39, 0.29) is 18.4 Å². The molecule has 4 rings (SSSR count). The van der Waals surface area contributed by atoms with E-state index in [2.05, 4.69) is 10.2 Å². The van der Waals surface area contributed by atoms with Crippen molar-refractivity contribution in [1.82, 2.24) is 4.90 Å². The number of hydrogen-bond acceptors (Lipinski definition) is 3. The average molecular weight is 342 g/mol. The molecule has 25 heavy (non-hydrogen) atoms. The molecular formula is C20H26N2O3. The van der Waals surface area contributed by atoms with Crippen LogP contribution >= 0.6 is 0 Å². The molecule has 2 aliphatic heterocycles. The van der Waals surface area contributed by atoms with E-state index in [0.29, 0.717) is 24.1 Å². The van der Waals surface area contributed by atoms with Gasteiger partial charge in [-0.2, -0.15) is 0 Å². The molecule has 134 valence electrons. The van der Waals surface area contributed by atoms with Crippen LogP contribution in [0.15, 0.2) is 18.2 Å². The zero-order valence-electron chi connectivity index (χ0n) is 14.6. The fourth-order valence-electron chi connectivity index (χ4n) is 4.61. The number of hydrogen-bond donors (Lipinski definition) is 1. The monoisotopic (exact) mass is 342 g/mol. The van der Waals surface area contributed by atoms with E-state index in [9.17, 15) is 9.59 Å². The summed E-state index contributed by atoms with van der Waals surface area (Å²) >= 11 is 0. The van der Waals surface area contributed by atoms with E-state index in [0.717, 1.165) is 37.1 Å². The topological polar surface area (TPSA) is 58.6 Å². The first-order valence-corrected chi connectivity index (χ1v) is 9.56. The lowest BCUT2D eigenvalue weighted by Crippen LogP contribution is -2.51. The van der Waals surface area contributed by atoms with Crippen LogP contribution in [-0.2, 0) is 16.0 Å². The van der Waals surface area contributed by atoms with Crippen molar-refractivity contribution < 1.29 is 14.3 Å². The average Bonchev–Trinajstić information content (AvgIpc) is 2.65. The van der Waals surface area contributed by atoms with Crippen molar-refractivity contribution in [3.05, 3.63) is 23.8 Å². The van der Waals surface area contributed by atoms with Crippen molar-refractivity contribution in [3.63, 3.8) is 0 Å². The molecule has 2 atom stereocenters. The third-order valence-corrected chi connectivity index (χ3v) is 5.90. The van der Waals surface area contributed by atoms with Gasteiger partial charge in [0.1, 0.15) is 5.75 Å². The highest BCUT2D eigenvalue weighted by Gasteiger charge is 2.35. The molecule has 0 aromatic heterocycles.